The third-order valence-corrected chi connectivity index (χ3v) is 4.35. The highest BCUT2D eigenvalue weighted by atomic mass is 32.1. The number of thiocarbonyl (C=S) groups is 1. The molecule has 0 fully saturated rings. The van der Waals surface area contributed by atoms with Crippen molar-refractivity contribution in [1.29, 1.82) is 0 Å². The summed E-state index contributed by atoms with van der Waals surface area (Å²) in [4.78, 5) is 2.05. The first-order valence-electron chi connectivity index (χ1n) is 7.55. The van der Waals surface area contributed by atoms with Gasteiger partial charge in [-0.25, -0.2) is 0 Å². The summed E-state index contributed by atoms with van der Waals surface area (Å²) in [5.41, 5.74) is 3.67. The molecule has 0 bridgehead atoms. The zero-order valence-electron chi connectivity index (χ0n) is 13.3. The van der Waals surface area contributed by atoms with Crippen molar-refractivity contribution in [3.63, 3.8) is 0 Å². The number of benzene rings is 2. The van der Waals surface area contributed by atoms with Crippen LogP contribution in [0.15, 0.2) is 42.5 Å². The molecule has 0 aliphatic carbocycles. The number of nitrogens with one attached hydrogen (secondary N) is 1. The molecule has 120 valence electrons. The number of aryl methyl sites for hydroxylation is 1. The highest BCUT2D eigenvalue weighted by Crippen LogP contribution is 2.32. The summed E-state index contributed by atoms with van der Waals surface area (Å²) in [7, 11) is 2.00. The Morgan fingerprint density at radius 1 is 1.17 bits per heavy atom. The van der Waals surface area contributed by atoms with Gasteiger partial charge >= 0.3 is 0 Å². The lowest BCUT2D eigenvalue weighted by Gasteiger charge is -2.22. The second-order valence-corrected chi connectivity index (χ2v) is 6.02. The van der Waals surface area contributed by atoms with E-state index in [9.17, 15) is 0 Å². The minimum Gasteiger partial charge on any atom is -0.454 e. The van der Waals surface area contributed by atoms with Crippen molar-refractivity contribution in [3.8, 4) is 11.5 Å². The van der Waals surface area contributed by atoms with Crippen LogP contribution < -0.4 is 14.8 Å². The first-order valence-corrected chi connectivity index (χ1v) is 7.96. The summed E-state index contributed by atoms with van der Waals surface area (Å²) in [5, 5.41) is 4.02. The van der Waals surface area contributed by atoms with Crippen LogP contribution in [0.4, 0.5) is 0 Å². The van der Waals surface area contributed by atoms with Crippen LogP contribution in [0, 0.1) is 6.92 Å². The molecule has 0 radical (unpaired) electrons. The molecular formula is C18H20N2O2S. The van der Waals surface area contributed by atoms with E-state index in [1.165, 1.54) is 11.1 Å². The van der Waals surface area contributed by atoms with E-state index in [2.05, 4.69) is 36.5 Å². The van der Waals surface area contributed by atoms with Crippen LogP contribution >= 0.6 is 12.2 Å². The maximum absolute atomic E-state index is 5.48. The fraction of sp³-hybridized carbons (Fsp3) is 0.278. The normalized spacial score (nSPS) is 12.1. The quantitative estimate of drug-likeness (QED) is 0.872. The van der Waals surface area contributed by atoms with Crippen LogP contribution in [0.3, 0.4) is 0 Å². The van der Waals surface area contributed by atoms with Gasteiger partial charge in [0.05, 0.1) is 0 Å². The summed E-state index contributed by atoms with van der Waals surface area (Å²) in [6.45, 7) is 3.86. The maximum Gasteiger partial charge on any atom is 0.231 e. The fourth-order valence-electron chi connectivity index (χ4n) is 2.48. The standard InChI is InChI=1S/C18H20N2O2S/c1-13-5-3-4-6-15(13)11-20(2)18(23)19-10-14-7-8-16-17(9-14)22-12-21-16/h3-9H,10-12H2,1-2H3,(H,19,23). The zero-order valence-corrected chi connectivity index (χ0v) is 14.2. The van der Waals surface area contributed by atoms with Crippen molar-refractivity contribution in [1.82, 2.24) is 10.2 Å². The topological polar surface area (TPSA) is 33.7 Å². The van der Waals surface area contributed by atoms with Gasteiger partial charge in [0.15, 0.2) is 16.6 Å². The lowest BCUT2D eigenvalue weighted by atomic mass is 10.1. The Balaban J connectivity index is 1.55. The van der Waals surface area contributed by atoms with Crippen LogP contribution in [0.2, 0.25) is 0 Å². The number of hydrogen-bond acceptors (Lipinski definition) is 3. The Labute approximate surface area is 142 Å². The molecule has 0 aromatic heterocycles. The van der Waals surface area contributed by atoms with Crippen LogP contribution in [0.1, 0.15) is 16.7 Å². The lowest BCUT2D eigenvalue weighted by molar-refractivity contribution is 0.174. The third kappa shape index (κ3) is 3.74. The van der Waals surface area contributed by atoms with Crippen molar-refractivity contribution < 1.29 is 9.47 Å². The van der Waals surface area contributed by atoms with Crippen LogP contribution in [0.25, 0.3) is 0 Å². The summed E-state index contributed by atoms with van der Waals surface area (Å²) in [6, 6.07) is 14.3. The summed E-state index contributed by atoms with van der Waals surface area (Å²) < 4.78 is 10.7. The van der Waals surface area contributed by atoms with Crippen molar-refractivity contribution in [3.05, 3.63) is 59.2 Å². The molecular weight excluding hydrogens is 308 g/mol. The molecule has 0 atom stereocenters. The van der Waals surface area contributed by atoms with Gasteiger partial charge in [0, 0.05) is 20.1 Å². The van der Waals surface area contributed by atoms with E-state index in [4.69, 9.17) is 21.7 Å². The van der Waals surface area contributed by atoms with Gasteiger partial charge in [0.25, 0.3) is 0 Å². The molecule has 0 saturated carbocycles. The predicted molar refractivity (Wildman–Crippen MR) is 94.6 cm³/mol. The van der Waals surface area contributed by atoms with Gasteiger partial charge in [-0.2, -0.15) is 0 Å². The van der Waals surface area contributed by atoms with Crippen LogP contribution in [-0.4, -0.2) is 23.9 Å². The Kier molecular flexibility index (Phi) is 4.67. The SMILES string of the molecule is Cc1ccccc1CN(C)C(=S)NCc1ccc2c(c1)OCO2. The van der Waals surface area contributed by atoms with Gasteiger partial charge in [-0.15, -0.1) is 0 Å². The van der Waals surface area contributed by atoms with E-state index in [1.807, 2.05) is 30.1 Å². The molecule has 0 unspecified atom stereocenters. The van der Waals surface area contributed by atoms with Crippen molar-refractivity contribution in [2.75, 3.05) is 13.8 Å². The minimum absolute atomic E-state index is 0.295. The van der Waals surface area contributed by atoms with Crippen molar-refractivity contribution >= 4 is 17.3 Å². The van der Waals surface area contributed by atoms with Gasteiger partial charge in [0.1, 0.15) is 0 Å². The largest absolute Gasteiger partial charge is 0.454 e. The average Bonchev–Trinajstić information content (AvgIpc) is 3.02. The number of nitrogens with zero attached hydrogens (tertiary/aromatic N) is 1. The number of ether oxygens (including phenoxy) is 2. The van der Waals surface area contributed by atoms with E-state index < -0.39 is 0 Å². The Hall–Kier alpha value is -2.27. The molecule has 1 heterocycles. The molecule has 5 heteroatoms. The smallest absolute Gasteiger partial charge is 0.231 e. The van der Waals surface area contributed by atoms with Gasteiger partial charge in [0.2, 0.25) is 6.79 Å². The molecule has 1 aliphatic heterocycles. The highest BCUT2D eigenvalue weighted by molar-refractivity contribution is 7.80. The summed E-state index contributed by atoms with van der Waals surface area (Å²) in [6.07, 6.45) is 0. The van der Waals surface area contributed by atoms with Gasteiger partial charge in [-0.1, -0.05) is 30.3 Å². The molecule has 4 nitrogen and oxygen atoms in total. The first-order chi connectivity index (χ1) is 11.1. The molecule has 1 N–H and O–H groups in total. The van der Waals surface area contributed by atoms with Gasteiger partial charge in [-0.3, -0.25) is 0 Å². The van der Waals surface area contributed by atoms with Crippen LogP contribution in [-0.2, 0) is 13.1 Å². The molecule has 0 spiro atoms. The van der Waals surface area contributed by atoms with E-state index >= 15 is 0 Å². The van der Waals surface area contributed by atoms with E-state index in [1.54, 1.807) is 0 Å². The maximum atomic E-state index is 5.48. The second-order valence-electron chi connectivity index (χ2n) is 5.63. The van der Waals surface area contributed by atoms with Crippen molar-refractivity contribution in [2.24, 2.45) is 0 Å². The Morgan fingerprint density at radius 2 is 1.96 bits per heavy atom. The zero-order chi connectivity index (χ0) is 16.2. The highest BCUT2D eigenvalue weighted by Gasteiger charge is 2.13. The molecule has 1 aliphatic rings. The van der Waals surface area contributed by atoms with Gasteiger partial charge in [-0.05, 0) is 48.0 Å². The molecule has 0 amide bonds. The predicted octanol–water partition coefficient (Wildman–Crippen LogP) is 3.23. The summed E-state index contributed by atoms with van der Waals surface area (Å²) >= 11 is 5.48. The van der Waals surface area contributed by atoms with Crippen molar-refractivity contribution in [2.45, 2.75) is 20.0 Å². The number of fused-ring (bicyclic) bond motifs is 1. The summed E-state index contributed by atoms with van der Waals surface area (Å²) in [5.74, 6) is 1.59. The van der Waals surface area contributed by atoms with Gasteiger partial charge < -0.3 is 19.7 Å². The monoisotopic (exact) mass is 328 g/mol. The van der Waals surface area contributed by atoms with E-state index in [0.717, 1.165) is 28.7 Å². The lowest BCUT2D eigenvalue weighted by Crippen LogP contribution is -2.36. The van der Waals surface area contributed by atoms with Crippen LogP contribution in [0.5, 0.6) is 11.5 Å². The molecule has 2 aromatic carbocycles. The third-order valence-electron chi connectivity index (χ3n) is 3.90. The molecule has 3 rings (SSSR count). The first kappa shape index (κ1) is 15.6. The number of rotatable bonds is 4. The molecule has 0 saturated heterocycles. The molecule has 2 aromatic rings. The fourth-order valence-corrected chi connectivity index (χ4v) is 2.62. The Morgan fingerprint density at radius 3 is 2.78 bits per heavy atom. The van der Waals surface area contributed by atoms with E-state index in [-0.39, 0.29) is 0 Å². The number of hydrogen-bond donors (Lipinski definition) is 1. The average molecular weight is 328 g/mol. The Bertz CT molecular complexity index is 718. The molecule has 23 heavy (non-hydrogen) atoms. The second kappa shape index (κ2) is 6.87. The van der Waals surface area contributed by atoms with E-state index in [0.29, 0.717) is 13.3 Å². The minimum atomic E-state index is 0.295.